The van der Waals surface area contributed by atoms with E-state index in [1.54, 1.807) is 16.4 Å². The van der Waals surface area contributed by atoms with Gasteiger partial charge in [0.1, 0.15) is 0 Å². The van der Waals surface area contributed by atoms with Gasteiger partial charge >= 0.3 is 0 Å². The predicted molar refractivity (Wildman–Crippen MR) is 121 cm³/mol. The first-order valence-electron chi connectivity index (χ1n) is 11.2. The van der Waals surface area contributed by atoms with Crippen LogP contribution in [0.3, 0.4) is 0 Å². The SMILES string of the molecule is CCCC(C)C(=O)Nc1cc(S(=O)(=O)N2CCCCC2)ccc1N1CCN(C)CC1. The van der Waals surface area contributed by atoms with Gasteiger partial charge in [-0.25, -0.2) is 8.42 Å². The third-order valence-electron chi connectivity index (χ3n) is 6.19. The van der Waals surface area contributed by atoms with Crippen LogP contribution in [0.15, 0.2) is 23.1 Å². The Morgan fingerprint density at radius 2 is 1.73 bits per heavy atom. The van der Waals surface area contributed by atoms with E-state index >= 15 is 0 Å². The summed E-state index contributed by atoms with van der Waals surface area (Å²) in [4.78, 5) is 17.5. The lowest BCUT2D eigenvalue weighted by Gasteiger charge is -2.35. The Labute approximate surface area is 181 Å². The van der Waals surface area contributed by atoms with Crippen LogP contribution in [0, 0.1) is 5.92 Å². The van der Waals surface area contributed by atoms with Crippen molar-refractivity contribution in [3.63, 3.8) is 0 Å². The third kappa shape index (κ3) is 5.34. The minimum absolute atomic E-state index is 0.0558. The van der Waals surface area contributed by atoms with Gasteiger partial charge in [-0.15, -0.1) is 0 Å². The highest BCUT2D eigenvalue weighted by atomic mass is 32.2. The first kappa shape index (κ1) is 23.0. The van der Waals surface area contributed by atoms with Crippen LogP contribution in [0.4, 0.5) is 11.4 Å². The Bertz CT molecular complexity index is 829. The number of carbonyl (C=O) groups excluding carboxylic acids is 1. The fourth-order valence-corrected chi connectivity index (χ4v) is 5.72. The second-order valence-electron chi connectivity index (χ2n) is 8.61. The number of rotatable bonds is 7. The average molecular weight is 437 g/mol. The molecule has 1 atom stereocenters. The number of nitrogens with zero attached hydrogens (tertiary/aromatic N) is 3. The molecule has 2 saturated heterocycles. The molecule has 30 heavy (non-hydrogen) atoms. The van der Waals surface area contributed by atoms with Crippen LogP contribution in [-0.2, 0) is 14.8 Å². The fraction of sp³-hybridized carbons (Fsp3) is 0.682. The maximum Gasteiger partial charge on any atom is 0.243 e. The molecular weight excluding hydrogens is 400 g/mol. The van der Waals surface area contributed by atoms with Crippen molar-refractivity contribution < 1.29 is 13.2 Å². The standard InChI is InChI=1S/C22H36N4O3S/c1-4-8-18(2)22(27)23-20-17-19(30(28,29)26-11-6-5-7-12-26)9-10-21(20)25-15-13-24(3)14-16-25/h9-10,17-18H,4-8,11-16H2,1-3H3,(H,23,27). The van der Waals surface area contributed by atoms with Gasteiger partial charge < -0.3 is 15.1 Å². The van der Waals surface area contributed by atoms with Crippen molar-refractivity contribution in [3.05, 3.63) is 18.2 Å². The number of likely N-dealkylation sites (N-methyl/N-ethyl adjacent to an activating group) is 1. The maximum atomic E-state index is 13.2. The molecule has 2 aliphatic heterocycles. The van der Waals surface area contributed by atoms with Crippen LogP contribution in [-0.4, -0.2) is 69.8 Å². The molecule has 7 nitrogen and oxygen atoms in total. The van der Waals surface area contributed by atoms with E-state index in [4.69, 9.17) is 0 Å². The molecule has 8 heteroatoms. The van der Waals surface area contributed by atoms with Crippen molar-refractivity contribution in [1.29, 1.82) is 0 Å². The molecule has 1 aromatic carbocycles. The molecule has 168 valence electrons. The van der Waals surface area contributed by atoms with E-state index in [0.717, 1.165) is 64.0 Å². The summed E-state index contributed by atoms with van der Waals surface area (Å²) in [6, 6.07) is 5.22. The largest absolute Gasteiger partial charge is 0.367 e. The van der Waals surface area contributed by atoms with Gasteiger partial charge in [-0.05, 0) is 44.5 Å². The normalized spacial score (nSPS) is 20.2. The zero-order valence-electron chi connectivity index (χ0n) is 18.6. The van der Waals surface area contributed by atoms with Crippen molar-refractivity contribution in [2.24, 2.45) is 5.92 Å². The van der Waals surface area contributed by atoms with E-state index in [-0.39, 0.29) is 16.7 Å². The minimum Gasteiger partial charge on any atom is -0.367 e. The van der Waals surface area contributed by atoms with Gasteiger partial charge in [-0.1, -0.05) is 26.7 Å². The Hall–Kier alpha value is -1.64. The number of amides is 1. The Morgan fingerprint density at radius 3 is 2.37 bits per heavy atom. The zero-order valence-corrected chi connectivity index (χ0v) is 19.4. The van der Waals surface area contributed by atoms with Gasteiger partial charge in [0, 0.05) is 45.2 Å². The summed E-state index contributed by atoms with van der Waals surface area (Å²) in [7, 11) is -1.45. The molecule has 0 spiro atoms. The van der Waals surface area contributed by atoms with Gasteiger partial charge in [-0.3, -0.25) is 4.79 Å². The number of hydrogen-bond donors (Lipinski definition) is 1. The van der Waals surface area contributed by atoms with Crippen molar-refractivity contribution in [2.75, 3.05) is 56.5 Å². The van der Waals surface area contributed by atoms with Crippen molar-refractivity contribution in [2.45, 2.75) is 50.8 Å². The zero-order chi connectivity index (χ0) is 21.7. The van der Waals surface area contributed by atoms with Gasteiger partial charge in [0.2, 0.25) is 15.9 Å². The van der Waals surface area contributed by atoms with Crippen LogP contribution in [0.5, 0.6) is 0 Å². The Balaban J connectivity index is 1.91. The average Bonchev–Trinajstić information content (AvgIpc) is 2.75. The number of sulfonamides is 1. The number of nitrogens with one attached hydrogen (secondary N) is 1. The lowest BCUT2D eigenvalue weighted by molar-refractivity contribution is -0.119. The van der Waals surface area contributed by atoms with E-state index in [9.17, 15) is 13.2 Å². The van der Waals surface area contributed by atoms with Gasteiger partial charge in [-0.2, -0.15) is 4.31 Å². The summed E-state index contributed by atoms with van der Waals surface area (Å²) < 4.78 is 27.9. The second kappa shape index (κ2) is 10.1. The molecule has 0 saturated carbocycles. The number of hydrogen-bond acceptors (Lipinski definition) is 5. The van der Waals surface area contributed by atoms with Gasteiger partial charge in [0.15, 0.2) is 0 Å². The molecule has 0 radical (unpaired) electrons. The molecule has 0 bridgehead atoms. The molecule has 2 fully saturated rings. The second-order valence-corrected chi connectivity index (χ2v) is 10.6. The fourth-order valence-electron chi connectivity index (χ4n) is 4.17. The van der Waals surface area contributed by atoms with Crippen LogP contribution in [0.1, 0.15) is 46.0 Å². The van der Waals surface area contributed by atoms with E-state index in [1.807, 2.05) is 13.0 Å². The molecular formula is C22H36N4O3S. The molecule has 2 aliphatic rings. The van der Waals surface area contributed by atoms with E-state index in [1.165, 1.54) is 0 Å². The molecule has 2 heterocycles. The summed E-state index contributed by atoms with van der Waals surface area (Å²) >= 11 is 0. The molecule has 0 aromatic heterocycles. The first-order valence-corrected chi connectivity index (χ1v) is 12.7. The summed E-state index contributed by atoms with van der Waals surface area (Å²) in [5, 5.41) is 3.04. The van der Waals surface area contributed by atoms with Crippen molar-refractivity contribution in [1.82, 2.24) is 9.21 Å². The summed E-state index contributed by atoms with van der Waals surface area (Å²) in [6.07, 6.45) is 4.61. The minimum atomic E-state index is -3.55. The van der Waals surface area contributed by atoms with E-state index in [2.05, 4.69) is 29.1 Å². The summed E-state index contributed by atoms with van der Waals surface area (Å²) in [5.74, 6) is -0.169. The molecule has 1 N–H and O–H groups in total. The number of anilines is 2. The maximum absolute atomic E-state index is 13.2. The smallest absolute Gasteiger partial charge is 0.243 e. The highest BCUT2D eigenvalue weighted by Crippen LogP contribution is 2.32. The molecule has 1 amide bonds. The lowest BCUT2D eigenvalue weighted by Crippen LogP contribution is -2.44. The summed E-state index contributed by atoms with van der Waals surface area (Å²) in [5.41, 5.74) is 1.50. The first-order chi connectivity index (χ1) is 14.3. The van der Waals surface area contributed by atoms with E-state index < -0.39 is 10.0 Å². The lowest BCUT2D eigenvalue weighted by atomic mass is 10.1. The number of piperidine rings is 1. The predicted octanol–water partition coefficient (Wildman–Crippen LogP) is 2.99. The quantitative estimate of drug-likeness (QED) is 0.711. The van der Waals surface area contributed by atoms with Crippen LogP contribution in [0.25, 0.3) is 0 Å². The highest BCUT2D eigenvalue weighted by molar-refractivity contribution is 7.89. The van der Waals surface area contributed by atoms with Crippen LogP contribution < -0.4 is 10.2 Å². The van der Waals surface area contributed by atoms with Gasteiger partial charge in [0.05, 0.1) is 16.3 Å². The third-order valence-corrected chi connectivity index (χ3v) is 8.09. The molecule has 0 aliphatic carbocycles. The van der Waals surface area contributed by atoms with Crippen molar-refractivity contribution >= 4 is 27.3 Å². The van der Waals surface area contributed by atoms with Crippen LogP contribution >= 0.6 is 0 Å². The monoisotopic (exact) mass is 436 g/mol. The van der Waals surface area contributed by atoms with Crippen LogP contribution in [0.2, 0.25) is 0 Å². The number of benzene rings is 1. The molecule has 1 unspecified atom stereocenters. The summed E-state index contributed by atoms with van der Waals surface area (Å²) in [6.45, 7) is 8.69. The highest BCUT2D eigenvalue weighted by Gasteiger charge is 2.28. The molecule has 3 rings (SSSR count). The van der Waals surface area contributed by atoms with Gasteiger partial charge in [0.25, 0.3) is 0 Å². The van der Waals surface area contributed by atoms with E-state index in [0.29, 0.717) is 18.8 Å². The Kier molecular flexibility index (Phi) is 7.76. The number of piperazine rings is 1. The topological polar surface area (TPSA) is 73.0 Å². The van der Waals surface area contributed by atoms with Crippen molar-refractivity contribution in [3.8, 4) is 0 Å². The molecule has 1 aromatic rings. The Morgan fingerprint density at radius 1 is 1.07 bits per heavy atom. The number of carbonyl (C=O) groups is 1.